The highest BCUT2D eigenvalue weighted by Crippen LogP contribution is 2.22. The van der Waals surface area contributed by atoms with Gasteiger partial charge < -0.3 is 4.74 Å². The molecular formula is C13H10N2O. The predicted octanol–water partition coefficient (Wildman–Crippen LogP) is 2.63. The van der Waals surface area contributed by atoms with Crippen LogP contribution in [0.1, 0.15) is 5.56 Å². The Bertz CT molecular complexity index is 526. The van der Waals surface area contributed by atoms with Crippen LogP contribution in [-0.4, -0.2) is 12.1 Å². The zero-order chi connectivity index (χ0) is 11.4. The maximum atomic E-state index is 8.70. The van der Waals surface area contributed by atoms with Crippen molar-refractivity contribution in [3.8, 4) is 22.9 Å². The van der Waals surface area contributed by atoms with Gasteiger partial charge in [-0.3, -0.25) is 4.98 Å². The molecule has 16 heavy (non-hydrogen) atoms. The lowest BCUT2D eigenvalue weighted by molar-refractivity contribution is 0.413. The molecule has 0 aliphatic carbocycles. The van der Waals surface area contributed by atoms with Crippen LogP contribution in [0.5, 0.6) is 5.75 Å². The molecule has 0 fully saturated rings. The SMILES string of the molecule is COc1cncc(-c2ccc(C#N)cc2)c1. The van der Waals surface area contributed by atoms with Gasteiger partial charge in [-0.05, 0) is 23.8 Å². The number of benzene rings is 1. The molecule has 0 amide bonds. The summed E-state index contributed by atoms with van der Waals surface area (Å²) in [5.41, 5.74) is 2.65. The summed E-state index contributed by atoms with van der Waals surface area (Å²) < 4.78 is 5.11. The lowest BCUT2D eigenvalue weighted by Crippen LogP contribution is -1.86. The van der Waals surface area contributed by atoms with Crippen LogP contribution in [0.2, 0.25) is 0 Å². The fourth-order valence-corrected chi connectivity index (χ4v) is 1.43. The molecule has 3 heteroatoms. The summed E-state index contributed by atoms with van der Waals surface area (Å²) >= 11 is 0. The van der Waals surface area contributed by atoms with Crippen molar-refractivity contribution in [2.45, 2.75) is 0 Å². The van der Waals surface area contributed by atoms with Gasteiger partial charge in [-0.25, -0.2) is 0 Å². The van der Waals surface area contributed by atoms with E-state index < -0.39 is 0 Å². The minimum absolute atomic E-state index is 0.652. The third kappa shape index (κ3) is 2.01. The first kappa shape index (κ1) is 10.2. The van der Waals surface area contributed by atoms with Crippen LogP contribution in [0, 0.1) is 11.3 Å². The first-order valence-corrected chi connectivity index (χ1v) is 4.83. The molecule has 0 aliphatic heterocycles. The number of hydrogen-bond donors (Lipinski definition) is 0. The van der Waals surface area contributed by atoms with Crippen molar-refractivity contribution in [2.75, 3.05) is 7.11 Å². The first-order chi connectivity index (χ1) is 7.83. The molecule has 0 bridgehead atoms. The van der Waals surface area contributed by atoms with Crippen molar-refractivity contribution >= 4 is 0 Å². The van der Waals surface area contributed by atoms with Crippen molar-refractivity contribution in [2.24, 2.45) is 0 Å². The molecule has 0 N–H and O–H groups in total. The van der Waals surface area contributed by atoms with Crippen molar-refractivity contribution in [3.05, 3.63) is 48.3 Å². The van der Waals surface area contributed by atoms with Gasteiger partial charge in [0.15, 0.2) is 0 Å². The third-order valence-corrected chi connectivity index (χ3v) is 2.30. The normalized spacial score (nSPS) is 9.50. The minimum Gasteiger partial charge on any atom is -0.495 e. The van der Waals surface area contributed by atoms with E-state index in [2.05, 4.69) is 11.1 Å². The van der Waals surface area contributed by atoms with Crippen LogP contribution in [0.25, 0.3) is 11.1 Å². The summed E-state index contributed by atoms with van der Waals surface area (Å²) in [7, 11) is 1.61. The molecular weight excluding hydrogens is 200 g/mol. The molecule has 2 aromatic rings. The molecule has 0 radical (unpaired) electrons. The topological polar surface area (TPSA) is 45.9 Å². The van der Waals surface area contributed by atoms with E-state index in [1.54, 1.807) is 31.6 Å². The third-order valence-electron chi connectivity index (χ3n) is 2.30. The highest BCUT2D eigenvalue weighted by Gasteiger charge is 2.00. The van der Waals surface area contributed by atoms with Gasteiger partial charge in [0.05, 0.1) is 24.9 Å². The van der Waals surface area contributed by atoms with Crippen molar-refractivity contribution < 1.29 is 4.74 Å². The number of ether oxygens (including phenoxy) is 1. The van der Waals surface area contributed by atoms with Crippen LogP contribution in [0.3, 0.4) is 0 Å². The molecule has 3 nitrogen and oxygen atoms in total. The van der Waals surface area contributed by atoms with Gasteiger partial charge in [-0.1, -0.05) is 12.1 Å². The molecule has 0 atom stereocenters. The number of pyridine rings is 1. The Morgan fingerprint density at radius 3 is 2.50 bits per heavy atom. The zero-order valence-corrected chi connectivity index (χ0v) is 8.84. The molecule has 0 aliphatic rings. The van der Waals surface area contributed by atoms with Crippen molar-refractivity contribution in [3.63, 3.8) is 0 Å². The summed E-state index contributed by atoms with van der Waals surface area (Å²) in [4.78, 5) is 4.08. The molecule has 0 unspecified atom stereocenters. The summed E-state index contributed by atoms with van der Waals surface area (Å²) in [6.45, 7) is 0. The Balaban J connectivity index is 2.39. The maximum Gasteiger partial charge on any atom is 0.137 e. The van der Waals surface area contributed by atoms with E-state index in [1.165, 1.54) is 0 Å². The second kappa shape index (κ2) is 4.45. The Hall–Kier alpha value is -2.34. The highest BCUT2D eigenvalue weighted by atomic mass is 16.5. The number of nitrogens with zero attached hydrogens (tertiary/aromatic N) is 2. The Labute approximate surface area is 93.9 Å². The molecule has 78 valence electrons. The lowest BCUT2D eigenvalue weighted by atomic mass is 10.1. The van der Waals surface area contributed by atoms with E-state index in [9.17, 15) is 0 Å². The van der Waals surface area contributed by atoms with Crippen LogP contribution < -0.4 is 4.74 Å². The van der Waals surface area contributed by atoms with E-state index in [0.717, 1.165) is 16.9 Å². The van der Waals surface area contributed by atoms with E-state index in [0.29, 0.717) is 5.56 Å². The van der Waals surface area contributed by atoms with E-state index in [4.69, 9.17) is 10.00 Å². The monoisotopic (exact) mass is 210 g/mol. The van der Waals surface area contributed by atoms with Gasteiger partial charge in [0.1, 0.15) is 5.75 Å². The largest absolute Gasteiger partial charge is 0.495 e. The van der Waals surface area contributed by atoms with Gasteiger partial charge in [0, 0.05) is 11.8 Å². The summed E-state index contributed by atoms with van der Waals surface area (Å²) in [6.07, 6.45) is 3.43. The fraction of sp³-hybridized carbons (Fsp3) is 0.0769. The minimum atomic E-state index is 0.652. The molecule has 0 spiro atoms. The Morgan fingerprint density at radius 1 is 1.12 bits per heavy atom. The number of nitriles is 1. The number of aromatic nitrogens is 1. The molecule has 1 aromatic heterocycles. The number of methoxy groups -OCH3 is 1. The standard InChI is InChI=1S/C13H10N2O/c1-16-13-6-12(8-15-9-13)11-4-2-10(7-14)3-5-11/h2-6,8-9H,1H3. The fourth-order valence-electron chi connectivity index (χ4n) is 1.43. The lowest BCUT2D eigenvalue weighted by Gasteiger charge is -2.03. The number of hydrogen-bond acceptors (Lipinski definition) is 3. The average Bonchev–Trinajstić information content (AvgIpc) is 2.39. The zero-order valence-electron chi connectivity index (χ0n) is 8.84. The molecule has 1 aromatic carbocycles. The van der Waals surface area contributed by atoms with E-state index >= 15 is 0 Å². The van der Waals surface area contributed by atoms with Crippen molar-refractivity contribution in [1.82, 2.24) is 4.98 Å². The van der Waals surface area contributed by atoms with Gasteiger partial charge in [0.25, 0.3) is 0 Å². The maximum absolute atomic E-state index is 8.70. The van der Waals surface area contributed by atoms with Crippen LogP contribution in [0.4, 0.5) is 0 Å². The average molecular weight is 210 g/mol. The van der Waals surface area contributed by atoms with Gasteiger partial charge in [-0.2, -0.15) is 5.26 Å². The first-order valence-electron chi connectivity index (χ1n) is 4.83. The predicted molar refractivity (Wildman–Crippen MR) is 60.9 cm³/mol. The van der Waals surface area contributed by atoms with Crippen molar-refractivity contribution in [1.29, 1.82) is 5.26 Å². The summed E-state index contributed by atoms with van der Waals surface area (Å²) in [6, 6.07) is 11.4. The number of rotatable bonds is 2. The van der Waals surface area contributed by atoms with Crippen LogP contribution in [0.15, 0.2) is 42.7 Å². The van der Waals surface area contributed by atoms with Gasteiger partial charge in [-0.15, -0.1) is 0 Å². The second-order valence-corrected chi connectivity index (χ2v) is 3.30. The summed E-state index contributed by atoms with van der Waals surface area (Å²) in [5.74, 6) is 0.724. The highest BCUT2D eigenvalue weighted by molar-refractivity contribution is 5.64. The van der Waals surface area contributed by atoms with Crippen LogP contribution in [-0.2, 0) is 0 Å². The molecule has 2 rings (SSSR count). The quantitative estimate of drug-likeness (QED) is 0.765. The second-order valence-electron chi connectivity index (χ2n) is 3.30. The molecule has 1 heterocycles. The van der Waals surface area contributed by atoms with E-state index in [-0.39, 0.29) is 0 Å². The molecule has 0 saturated carbocycles. The Morgan fingerprint density at radius 2 is 1.88 bits per heavy atom. The van der Waals surface area contributed by atoms with Crippen LogP contribution >= 0.6 is 0 Å². The van der Waals surface area contributed by atoms with E-state index in [1.807, 2.05) is 18.2 Å². The smallest absolute Gasteiger partial charge is 0.137 e. The van der Waals surface area contributed by atoms with Gasteiger partial charge >= 0.3 is 0 Å². The summed E-state index contributed by atoms with van der Waals surface area (Å²) in [5, 5.41) is 8.70. The Kier molecular flexibility index (Phi) is 2.84. The van der Waals surface area contributed by atoms with Gasteiger partial charge in [0.2, 0.25) is 0 Å². The molecule has 0 saturated heterocycles.